The molecule has 2 aliphatic rings. The highest BCUT2D eigenvalue weighted by molar-refractivity contribution is 9.10. The summed E-state index contributed by atoms with van der Waals surface area (Å²) >= 11 is 4.80. The van der Waals surface area contributed by atoms with Gasteiger partial charge in [0.25, 0.3) is 0 Å². The zero-order chi connectivity index (χ0) is 23.7. The van der Waals surface area contributed by atoms with Crippen molar-refractivity contribution in [2.24, 2.45) is 10.2 Å². The molecule has 0 bridgehead atoms. The van der Waals surface area contributed by atoms with Crippen LogP contribution in [0.1, 0.15) is 11.1 Å². The van der Waals surface area contributed by atoms with Crippen LogP contribution in [-0.4, -0.2) is 28.8 Å². The second-order valence-electron chi connectivity index (χ2n) is 7.78. The van der Waals surface area contributed by atoms with E-state index < -0.39 is 11.0 Å². The number of carbonyl (C=O) groups is 1. The quantitative estimate of drug-likeness (QED) is 0.389. The zero-order valence-corrected chi connectivity index (χ0v) is 21.0. The third kappa shape index (κ3) is 4.03. The van der Waals surface area contributed by atoms with E-state index in [1.54, 1.807) is 0 Å². The van der Waals surface area contributed by atoms with Gasteiger partial charge in [-0.15, -0.1) is 0 Å². The first-order valence-electron chi connectivity index (χ1n) is 10.6. The Morgan fingerprint density at radius 1 is 0.912 bits per heavy atom. The summed E-state index contributed by atoms with van der Waals surface area (Å²) < 4.78 is 6.01. The standard InChI is InChI=1S/C26H21BrN4O2S/c1-18-8-14-22(15-9-18)31-26(34-24(29-31)25(32)33-2)17-16-23(19-10-12-20(27)13-11-19)28-30(26)21-6-4-3-5-7-21/h3-17H,1-2H3/t26-/m0/s1. The average Bonchev–Trinajstić information content (AvgIpc) is 3.25. The van der Waals surface area contributed by atoms with Gasteiger partial charge < -0.3 is 4.74 Å². The van der Waals surface area contributed by atoms with Crippen molar-refractivity contribution >= 4 is 55.8 Å². The molecule has 2 heterocycles. The molecule has 2 aliphatic heterocycles. The molecular formula is C26H21BrN4O2S. The highest BCUT2D eigenvalue weighted by Crippen LogP contribution is 2.48. The average molecular weight is 533 g/mol. The van der Waals surface area contributed by atoms with Gasteiger partial charge in [0.2, 0.25) is 10.0 Å². The lowest BCUT2D eigenvalue weighted by Crippen LogP contribution is -2.53. The molecule has 170 valence electrons. The third-order valence-electron chi connectivity index (χ3n) is 5.49. The number of carbonyl (C=O) groups excluding carboxylic acids is 1. The van der Waals surface area contributed by atoms with Gasteiger partial charge in [0, 0.05) is 10.0 Å². The number of methoxy groups -OCH3 is 1. The number of ether oxygens (including phenoxy) is 1. The number of hydrazone groups is 2. The van der Waals surface area contributed by atoms with Crippen LogP contribution in [0.5, 0.6) is 0 Å². The van der Waals surface area contributed by atoms with E-state index in [0.717, 1.165) is 32.7 Å². The number of anilines is 2. The first-order chi connectivity index (χ1) is 16.5. The molecule has 0 saturated heterocycles. The molecule has 0 radical (unpaired) electrons. The Morgan fingerprint density at radius 2 is 1.56 bits per heavy atom. The fraction of sp³-hybridized carbons (Fsp3) is 0.115. The maximum Gasteiger partial charge on any atom is 0.365 e. The molecule has 0 aromatic heterocycles. The van der Waals surface area contributed by atoms with Crippen LogP contribution in [0.25, 0.3) is 0 Å². The zero-order valence-electron chi connectivity index (χ0n) is 18.6. The van der Waals surface area contributed by atoms with Gasteiger partial charge in [0.1, 0.15) is 0 Å². The maximum atomic E-state index is 12.5. The van der Waals surface area contributed by atoms with Crippen molar-refractivity contribution in [1.29, 1.82) is 0 Å². The minimum Gasteiger partial charge on any atom is -0.464 e. The van der Waals surface area contributed by atoms with E-state index in [9.17, 15) is 4.79 Å². The fourth-order valence-electron chi connectivity index (χ4n) is 3.76. The summed E-state index contributed by atoms with van der Waals surface area (Å²) in [5, 5.41) is 13.8. The van der Waals surface area contributed by atoms with Gasteiger partial charge in [-0.2, -0.15) is 10.2 Å². The van der Waals surface area contributed by atoms with Crippen LogP contribution < -0.4 is 10.0 Å². The van der Waals surface area contributed by atoms with Crippen LogP contribution in [0.2, 0.25) is 0 Å². The Hall–Kier alpha value is -3.36. The van der Waals surface area contributed by atoms with E-state index in [1.165, 1.54) is 18.9 Å². The van der Waals surface area contributed by atoms with Gasteiger partial charge in [-0.3, -0.25) is 0 Å². The van der Waals surface area contributed by atoms with Gasteiger partial charge in [-0.25, -0.2) is 14.8 Å². The van der Waals surface area contributed by atoms with E-state index in [4.69, 9.17) is 14.9 Å². The largest absolute Gasteiger partial charge is 0.464 e. The lowest BCUT2D eigenvalue weighted by Gasteiger charge is -2.43. The summed E-state index contributed by atoms with van der Waals surface area (Å²) in [4.78, 5) is 11.6. The summed E-state index contributed by atoms with van der Waals surface area (Å²) in [6, 6.07) is 25.9. The molecule has 0 amide bonds. The minimum atomic E-state index is -0.932. The number of halogens is 1. The lowest BCUT2D eigenvalue weighted by atomic mass is 10.1. The van der Waals surface area contributed by atoms with Crippen molar-refractivity contribution < 1.29 is 9.53 Å². The monoisotopic (exact) mass is 532 g/mol. The molecule has 6 nitrogen and oxygen atoms in total. The molecule has 34 heavy (non-hydrogen) atoms. The molecular weight excluding hydrogens is 512 g/mol. The molecule has 1 spiro atoms. The number of nitrogens with zero attached hydrogens (tertiary/aromatic N) is 4. The van der Waals surface area contributed by atoms with E-state index in [2.05, 4.69) is 15.9 Å². The van der Waals surface area contributed by atoms with Gasteiger partial charge >= 0.3 is 5.97 Å². The van der Waals surface area contributed by atoms with Crippen LogP contribution >= 0.6 is 27.7 Å². The summed E-state index contributed by atoms with van der Waals surface area (Å²) in [5.41, 5.74) is 4.63. The lowest BCUT2D eigenvalue weighted by molar-refractivity contribution is -0.132. The predicted octanol–water partition coefficient (Wildman–Crippen LogP) is 5.93. The molecule has 3 aromatic rings. The first kappa shape index (κ1) is 22.4. The second kappa shape index (κ2) is 9.12. The van der Waals surface area contributed by atoms with Crippen LogP contribution in [-0.2, 0) is 9.53 Å². The Labute approximate surface area is 210 Å². The number of hydrogen-bond donors (Lipinski definition) is 0. The minimum absolute atomic E-state index is 0.260. The summed E-state index contributed by atoms with van der Waals surface area (Å²) in [5.74, 6) is -0.483. The third-order valence-corrected chi connectivity index (χ3v) is 7.24. The highest BCUT2D eigenvalue weighted by atomic mass is 79.9. The molecule has 0 saturated carbocycles. The van der Waals surface area contributed by atoms with Crippen molar-refractivity contribution in [1.82, 2.24) is 0 Å². The number of rotatable bonds is 4. The fourth-order valence-corrected chi connectivity index (χ4v) is 5.20. The SMILES string of the molecule is COC(=O)C1=NN(c2ccc(C)cc2)[C@@]2(C=CC(c3ccc(Br)cc3)=NN2c2ccccc2)S1. The Bertz CT molecular complexity index is 1310. The summed E-state index contributed by atoms with van der Waals surface area (Å²) in [6.07, 6.45) is 4.01. The molecule has 3 aromatic carbocycles. The molecule has 0 fully saturated rings. The molecule has 0 N–H and O–H groups in total. The van der Waals surface area contributed by atoms with E-state index in [0.29, 0.717) is 0 Å². The Morgan fingerprint density at radius 3 is 2.24 bits per heavy atom. The van der Waals surface area contributed by atoms with Crippen molar-refractivity contribution in [2.75, 3.05) is 17.1 Å². The number of esters is 1. The number of allylic oxidation sites excluding steroid dienone is 1. The predicted molar refractivity (Wildman–Crippen MR) is 142 cm³/mol. The Kier molecular flexibility index (Phi) is 6.02. The van der Waals surface area contributed by atoms with Gasteiger partial charge in [0.05, 0.1) is 24.2 Å². The van der Waals surface area contributed by atoms with Gasteiger partial charge in [-0.05, 0) is 67.2 Å². The number of hydrogen-bond acceptors (Lipinski definition) is 7. The maximum absolute atomic E-state index is 12.5. The number of thioether (sulfide) groups is 1. The first-order valence-corrected chi connectivity index (χ1v) is 12.2. The van der Waals surface area contributed by atoms with Crippen molar-refractivity contribution in [3.63, 3.8) is 0 Å². The number of aryl methyl sites for hydroxylation is 1. The van der Waals surface area contributed by atoms with E-state index >= 15 is 0 Å². The van der Waals surface area contributed by atoms with E-state index in [1.807, 2.05) is 108 Å². The number of para-hydroxylation sites is 1. The molecule has 5 rings (SSSR count). The molecule has 8 heteroatoms. The number of benzene rings is 3. The van der Waals surface area contributed by atoms with E-state index in [-0.39, 0.29) is 5.04 Å². The van der Waals surface area contributed by atoms with Crippen LogP contribution in [0, 0.1) is 6.92 Å². The molecule has 0 aliphatic carbocycles. The molecule has 1 atom stereocenters. The van der Waals surface area contributed by atoms with Crippen molar-refractivity contribution in [2.45, 2.75) is 11.9 Å². The van der Waals surface area contributed by atoms with Gasteiger partial charge in [0.15, 0.2) is 0 Å². The Balaban J connectivity index is 1.66. The van der Waals surface area contributed by atoms with Crippen LogP contribution in [0.15, 0.2) is 106 Å². The molecule has 0 unspecified atom stereocenters. The normalized spacial score (nSPS) is 19.3. The smallest absolute Gasteiger partial charge is 0.365 e. The topological polar surface area (TPSA) is 57.5 Å². The summed E-state index contributed by atoms with van der Waals surface area (Å²) in [6.45, 7) is 2.03. The highest BCUT2D eigenvalue weighted by Gasteiger charge is 2.51. The van der Waals surface area contributed by atoms with Gasteiger partial charge in [-0.1, -0.05) is 64.0 Å². The van der Waals surface area contributed by atoms with Crippen molar-refractivity contribution in [3.05, 3.63) is 107 Å². The van der Waals surface area contributed by atoms with Crippen molar-refractivity contribution in [3.8, 4) is 0 Å². The van der Waals surface area contributed by atoms with Crippen LogP contribution in [0.3, 0.4) is 0 Å². The summed E-state index contributed by atoms with van der Waals surface area (Å²) in [7, 11) is 1.36. The second-order valence-corrected chi connectivity index (χ2v) is 9.88. The van der Waals surface area contributed by atoms with Crippen LogP contribution in [0.4, 0.5) is 11.4 Å².